The minimum Gasteiger partial charge on any atom is -0.355 e. The van der Waals surface area contributed by atoms with Gasteiger partial charge < -0.3 is 5.32 Å². The van der Waals surface area contributed by atoms with Crippen molar-refractivity contribution in [3.63, 3.8) is 0 Å². The summed E-state index contributed by atoms with van der Waals surface area (Å²) in [6.45, 7) is 4.57. The summed E-state index contributed by atoms with van der Waals surface area (Å²) in [6.07, 6.45) is 4.26. The van der Waals surface area contributed by atoms with Gasteiger partial charge in [-0.1, -0.05) is 49.0 Å². The second-order valence-electron chi connectivity index (χ2n) is 7.08. The van der Waals surface area contributed by atoms with E-state index in [1.807, 2.05) is 31.2 Å². The number of carbonyl (C=O) groups excluding carboxylic acids is 1. The molecule has 2 atom stereocenters. The standard InChI is InChI=1S/C22H25N3OS/c1-15(17-8-4-3-5-9-17)14-24-21(26)16(2)27-22-19(13-23)12-18-10-6-7-11-20(18)25-22/h3-5,8-9,12,15-16H,6-7,10-11,14H2,1-2H3,(H,24,26). The van der Waals surface area contributed by atoms with Crippen LogP contribution in [0.2, 0.25) is 0 Å². The molecule has 140 valence electrons. The van der Waals surface area contributed by atoms with Gasteiger partial charge in [-0.15, -0.1) is 0 Å². The van der Waals surface area contributed by atoms with Crippen LogP contribution < -0.4 is 5.32 Å². The fourth-order valence-electron chi connectivity index (χ4n) is 3.30. The van der Waals surface area contributed by atoms with Gasteiger partial charge in [0.1, 0.15) is 11.1 Å². The van der Waals surface area contributed by atoms with Crippen LogP contribution >= 0.6 is 11.8 Å². The number of aryl methyl sites for hydroxylation is 2. The molecule has 0 saturated carbocycles. The van der Waals surface area contributed by atoms with Crippen molar-refractivity contribution in [1.82, 2.24) is 10.3 Å². The van der Waals surface area contributed by atoms with E-state index in [4.69, 9.17) is 4.98 Å². The van der Waals surface area contributed by atoms with Crippen LogP contribution in [0.4, 0.5) is 0 Å². The number of hydrogen-bond acceptors (Lipinski definition) is 4. The Hall–Kier alpha value is -2.32. The molecule has 3 rings (SSSR count). The Morgan fingerprint density at radius 2 is 2.00 bits per heavy atom. The number of fused-ring (bicyclic) bond motifs is 1. The van der Waals surface area contributed by atoms with Gasteiger partial charge in [-0.2, -0.15) is 5.26 Å². The lowest BCUT2D eigenvalue weighted by Gasteiger charge is -2.19. The lowest BCUT2D eigenvalue weighted by Crippen LogP contribution is -2.33. The summed E-state index contributed by atoms with van der Waals surface area (Å²) in [5.41, 5.74) is 4.07. The van der Waals surface area contributed by atoms with Crippen molar-refractivity contribution in [1.29, 1.82) is 5.26 Å². The Morgan fingerprint density at radius 1 is 1.26 bits per heavy atom. The fraction of sp³-hybridized carbons (Fsp3) is 0.409. The van der Waals surface area contributed by atoms with Gasteiger partial charge in [0.15, 0.2) is 0 Å². The van der Waals surface area contributed by atoms with Crippen molar-refractivity contribution in [3.05, 3.63) is 58.8 Å². The zero-order valence-corrected chi connectivity index (χ0v) is 16.7. The first-order chi connectivity index (χ1) is 13.1. The number of nitrogens with zero attached hydrogens (tertiary/aromatic N) is 2. The number of aromatic nitrogens is 1. The van der Waals surface area contributed by atoms with Crippen LogP contribution in [-0.2, 0) is 17.6 Å². The van der Waals surface area contributed by atoms with Gasteiger partial charge in [-0.3, -0.25) is 4.79 Å². The quantitative estimate of drug-likeness (QED) is 0.763. The maximum atomic E-state index is 12.5. The van der Waals surface area contributed by atoms with Gasteiger partial charge in [-0.25, -0.2) is 4.98 Å². The van der Waals surface area contributed by atoms with Crippen molar-refractivity contribution >= 4 is 17.7 Å². The Kier molecular flexibility index (Phi) is 6.52. The third-order valence-electron chi connectivity index (χ3n) is 5.00. The number of nitrogens with one attached hydrogen (secondary N) is 1. The van der Waals surface area contributed by atoms with Crippen LogP contribution in [-0.4, -0.2) is 22.7 Å². The highest BCUT2D eigenvalue weighted by atomic mass is 32.2. The molecule has 4 nitrogen and oxygen atoms in total. The van der Waals surface area contributed by atoms with Crippen molar-refractivity contribution in [2.75, 3.05) is 6.54 Å². The monoisotopic (exact) mass is 379 g/mol. The van der Waals surface area contributed by atoms with E-state index in [-0.39, 0.29) is 17.1 Å². The molecule has 1 aliphatic rings. The van der Waals surface area contributed by atoms with Gasteiger partial charge in [0.05, 0.1) is 10.8 Å². The Bertz CT molecular complexity index is 845. The van der Waals surface area contributed by atoms with E-state index in [9.17, 15) is 10.1 Å². The number of thioether (sulfide) groups is 1. The molecule has 1 aromatic heterocycles. The number of benzene rings is 1. The second kappa shape index (κ2) is 9.05. The Balaban J connectivity index is 1.62. The van der Waals surface area contributed by atoms with E-state index >= 15 is 0 Å². The van der Waals surface area contributed by atoms with Crippen LogP contribution in [0.15, 0.2) is 41.4 Å². The molecular formula is C22H25N3OS. The molecule has 1 aromatic carbocycles. The van der Waals surface area contributed by atoms with Crippen molar-refractivity contribution in [3.8, 4) is 6.07 Å². The third-order valence-corrected chi connectivity index (χ3v) is 6.10. The average Bonchev–Trinajstić information content (AvgIpc) is 2.71. The molecule has 0 fully saturated rings. The summed E-state index contributed by atoms with van der Waals surface area (Å²) < 4.78 is 0. The minimum absolute atomic E-state index is 0.0220. The van der Waals surface area contributed by atoms with Crippen LogP contribution in [0, 0.1) is 11.3 Å². The van der Waals surface area contributed by atoms with E-state index < -0.39 is 0 Å². The normalized spacial score (nSPS) is 15.3. The predicted octanol–water partition coefficient (Wildman–Crippen LogP) is 4.23. The first-order valence-electron chi connectivity index (χ1n) is 9.50. The summed E-state index contributed by atoms with van der Waals surface area (Å²) >= 11 is 1.38. The van der Waals surface area contributed by atoms with Gasteiger partial charge in [-0.05, 0) is 55.7 Å². The Morgan fingerprint density at radius 3 is 2.74 bits per heavy atom. The summed E-state index contributed by atoms with van der Waals surface area (Å²) in [5.74, 6) is 0.232. The highest BCUT2D eigenvalue weighted by Crippen LogP contribution is 2.29. The molecular weight excluding hydrogens is 354 g/mol. The number of pyridine rings is 1. The van der Waals surface area contributed by atoms with Crippen molar-refractivity contribution < 1.29 is 4.79 Å². The molecule has 1 amide bonds. The molecule has 0 bridgehead atoms. The Labute approximate surface area is 165 Å². The van der Waals surface area contributed by atoms with Gasteiger partial charge >= 0.3 is 0 Å². The minimum atomic E-state index is -0.297. The zero-order valence-electron chi connectivity index (χ0n) is 15.9. The second-order valence-corrected chi connectivity index (χ2v) is 8.41. The van der Waals surface area contributed by atoms with Gasteiger partial charge in [0, 0.05) is 12.2 Å². The highest BCUT2D eigenvalue weighted by molar-refractivity contribution is 8.00. The zero-order chi connectivity index (χ0) is 19.2. The number of carbonyl (C=O) groups is 1. The topological polar surface area (TPSA) is 65.8 Å². The summed E-state index contributed by atoms with van der Waals surface area (Å²) in [4.78, 5) is 17.2. The number of nitriles is 1. The van der Waals surface area contributed by atoms with Crippen LogP contribution in [0.3, 0.4) is 0 Å². The fourth-order valence-corrected chi connectivity index (χ4v) is 4.22. The smallest absolute Gasteiger partial charge is 0.233 e. The molecule has 0 spiro atoms. The van der Waals surface area contributed by atoms with Crippen molar-refractivity contribution in [2.24, 2.45) is 0 Å². The molecule has 1 N–H and O–H groups in total. The molecule has 0 aliphatic heterocycles. The summed E-state index contributed by atoms with van der Waals surface area (Å²) in [5, 5.41) is 12.9. The van der Waals surface area contributed by atoms with Crippen LogP contribution in [0.5, 0.6) is 0 Å². The number of rotatable bonds is 6. The van der Waals surface area contributed by atoms with Gasteiger partial charge in [0.2, 0.25) is 5.91 Å². The summed E-state index contributed by atoms with van der Waals surface area (Å²) in [7, 11) is 0. The molecule has 5 heteroatoms. The van der Waals surface area contributed by atoms with Gasteiger partial charge in [0.25, 0.3) is 0 Å². The van der Waals surface area contributed by atoms with E-state index in [0.717, 1.165) is 31.4 Å². The van der Waals surface area contributed by atoms with Crippen molar-refractivity contribution in [2.45, 2.75) is 55.7 Å². The van der Waals surface area contributed by atoms with E-state index in [1.54, 1.807) is 0 Å². The molecule has 0 saturated heterocycles. The lowest BCUT2D eigenvalue weighted by molar-refractivity contribution is -0.120. The molecule has 2 unspecified atom stereocenters. The first-order valence-corrected chi connectivity index (χ1v) is 10.4. The van der Waals surface area contributed by atoms with E-state index in [1.165, 1.54) is 22.9 Å². The van der Waals surface area contributed by atoms with E-state index in [0.29, 0.717) is 17.1 Å². The molecule has 1 aliphatic carbocycles. The number of amides is 1. The number of hydrogen-bond donors (Lipinski definition) is 1. The first kappa shape index (κ1) is 19.4. The third kappa shape index (κ3) is 4.90. The average molecular weight is 380 g/mol. The lowest BCUT2D eigenvalue weighted by atomic mass is 9.95. The largest absolute Gasteiger partial charge is 0.355 e. The molecule has 27 heavy (non-hydrogen) atoms. The van der Waals surface area contributed by atoms with E-state index in [2.05, 4.69) is 30.4 Å². The van der Waals surface area contributed by atoms with Crippen LogP contribution in [0.25, 0.3) is 0 Å². The predicted molar refractivity (Wildman–Crippen MR) is 109 cm³/mol. The highest BCUT2D eigenvalue weighted by Gasteiger charge is 2.21. The SMILES string of the molecule is CC(Sc1nc2c(cc1C#N)CCCC2)C(=O)NCC(C)c1ccccc1. The molecule has 2 aromatic rings. The molecule has 1 heterocycles. The molecule has 0 radical (unpaired) electrons. The summed E-state index contributed by atoms with van der Waals surface area (Å²) in [6, 6.07) is 14.4. The maximum Gasteiger partial charge on any atom is 0.233 e. The maximum absolute atomic E-state index is 12.5. The van der Waals surface area contributed by atoms with Crippen LogP contribution in [0.1, 0.15) is 55.0 Å².